The number of nitrogens with zero attached hydrogens (tertiary/aromatic N) is 3. The molecule has 1 atom stereocenters. The molecule has 1 unspecified atom stereocenters. The van der Waals surface area contributed by atoms with Crippen molar-refractivity contribution in [2.75, 3.05) is 0 Å². The van der Waals surface area contributed by atoms with Crippen LogP contribution < -0.4 is 5.73 Å². The van der Waals surface area contributed by atoms with Crippen LogP contribution in [0, 0.1) is 0 Å². The van der Waals surface area contributed by atoms with Crippen LogP contribution in [0.3, 0.4) is 0 Å². The van der Waals surface area contributed by atoms with Gasteiger partial charge in [0.2, 0.25) is 0 Å². The van der Waals surface area contributed by atoms with E-state index in [1.54, 1.807) is 4.68 Å². The van der Waals surface area contributed by atoms with E-state index in [2.05, 4.69) is 10.1 Å². The van der Waals surface area contributed by atoms with E-state index in [0.29, 0.717) is 11.4 Å². The Kier molecular flexibility index (Phi) is 3.17. The number of nitrogens with two attached hydrogens (primary N) is 1. The average molecular weight is 251 g/mol. The van der Waals surface area contributed by atoms with E-state index in [9.17, 15) is 0 Å². The third-order valence-electron chi connectivity index (χ3n) is 2.81. The van der Waals surface area contributed by atoms with E-state index in [4.69, 9.17) is 17.3 Å². The maximum Gasteiger partial charge on any atom is 0.138 e. The second-order valence-electron chi connectivity index (χ2n) is 4.40. The summed E-state index contributed by atoms with van der Waals surface area (Å²) in [6.45, 7) is 1.97. The molecule has 2 rings (SSSR count). The van der Waals surface area contributed by atoms with Gasteiger partial charge in [0.05, 0.1) is 0 Å². The van der Waals surface area contributed by atoms with Crippen LogP contribution >= 0.6 is 11.6 Å². The van der Waals surface area contributed by atoms with Gasteiger partial charge in [-0.05, 0) is 24.6 Å². The molecule has 5 heteroatoms. The molecule has 17 heavy (non-hydrogen) atoms. The minimum atomic E-state index is -0.508. The van der Waals surface area contributed by atoms with Crippen molar-refractivity contribution in [2.24, 2.45) is 12.8 Å². The first kappa shape index (κ1) is 12.1. The Morgan fingerprint density at radius 1 is 1.47 bits per heavy atom. The normalized spacial score (nSPS) is 14.6. The fraction of sp³-hybridized carbons (Fsp3) is 0.333. The van der Waals surface area contributed by atoms with Crippen molar-refractivity contribution in [3.63, 3.8) is 0 Å². The van der Waals surface area contributed by atoms with Crippen LogP contribution in [0.15, 0.2) is 30.6 Å². The molecule has 0 bridgehead atoms. The number of aryl methyl sites for hydroxylation is 1. The van der Waals surface area contributed by atoms with E-state index in [1.165, 1.54) is 6.33 Å². The highest BCUT2D eigenvalue weighted by atomic mass is 35.5. The topological polar surface area (TPSA) is 56.7 Å². The number of benzene rings is 1. The van der Waals surface area contributed by atoms with E-state index in [0.717, 1.165) is 11.4 Å². The summed E-state index contributed by atoms with van der Waals surface area (Å²) in [4.78, 5) is 4.19. The first-order chi connectivity index (χ1) is 7.99. The van der Waals surface area contributed by atoms with Gasteiger partial charge < -0.3 is 5.73 Å². The molecule has 0 saturated carbocycles. The highest BCUT2D eigenvalue weighted by Crippen LogP contribution is 2.24. The zero-order valence-corrected chi connectivity index (χ0v) is 10.6. The molecule has 0 radical (unpaired) electrons. The van der Waals surface area contributed by atoms with Crippen molar-refractivity contribution in [3.8, 4) is 0 Å². The molecule has 1 aromatic carbocycles. The molecule has 90 valence electrons. The smallest absolute Gasteiger partial charge is 0.138 e. The number of hydrogen-bond donors (Lipinski definition) is 1. The van der Waals surface area contributed by atoms with Crippen molar-refractivity contribution in [2.45, 2.75) is 18.9 Å². The summed E-state index contributed by atoms with van der Waals surface area (Å²) in [5.74, 6) is 0.856. The lowest BCUT2D eigenvalue weighted by atomic mass is 9.89. The molecule has 0 aliphatic carbocycles. The summed E-state index contributed by atoms with van der Waals surface area (Å²) in [5, 5.41) is 4.73. The molecule has 0 aliphatic rings. The standard InChI is InChI=1S/C12H15ClN4/c1-12(14,7-11-15-8-16-17(11)2)9-4-3-5-10(13)6-9/h3-6,8H,7,14H2,1-2H3. The second-order valence-corrected chi connectivity index (χ2v) is 4.84. The molecule has 4 nitrogen and oxygen atoms in total. The Bertz CT molecular complexity index is 519. The largest absolute Gasteiger partial charge is 0.321 e. The minimum Gasteiger partial charge on any atom is -0.321 e. The summed E-state index contributed by atoms with van der Waals surface area (Å²) in [7, 11) is 1.86. The first-order valence-electron chi connectivity index (χ1n) is 5.37. The Balaban J connectivity index is 2.27. The van der Waals surface area contributed by atoms with Crippen molar-refractivity contribution >= 4 is 11.6 Å². The molecule has 0 aliphatic heterocycles. The monoisotopic (exact) mass is 250 g/mol. The summed E-state index contributed by atoms with van der Waals surface area (Å²) in [6.07, 6.45) is 2.15. The van der Waals surface area contributed by atoms with E-state index in [1.807, 2.05) is 38.2 Å². The highest BCUT2D eigenvalue weighted by Gasteiger charge is 2.24. The van der Waals surface area contributed by atoms with Crippen molar-refractivity contribution in [1.82, 2.24) is 14.8 Å². The fourth-order valence-electron chi connectivity index (χ4n) is 1.75. The lowest BCUT2D eigenvalue weighted by Gasteiger charge is -2.24. The predicted molar refractivity (Wildman–Crippen MR) is 67.7 cm³/mol. The Labute approximate surface area is 105 Å². The van der Waals surface area contributed by atoms with Gasteiger partial charge in [-0.1, -0.05) is 23.7 Å². The Morgan fingerprint density at radius 2 is 2.24 bits per heavy atom. The number of halogens is 1. The number of aromatic nitrogens is 3. The number of rotatable bonds is 3. The summed E-state index contributed by atoms with van der Waals surface area (Å²) in [6, 6.07) is 7.60. The minimum absolute atomic E-state index is 0.508. The first-order valence-corrected chi connectivity index (χ1v) is 5.74. The van der Waals surface area contributed by atoms with Gasteiger partial charge >= 0.3 is 0 Å². The van der Waals surface area contributed by atoms with Crippen LogP contribution in [-0.2, 0) is 19.0 Å². The lowest BCUT2D eigenvalue weighted by molar-refractivity contribution is 0.465. The van der Waals surface area contributed by atoms with Gasteiger partial charge in [0.1, 0.15) is 12.2 Å². The van der Waals surface area contributed by atoms with Crippen molar-refractivity contribution in [1.29, 1.82) is 0 Å². The molecule has 0 saturated heterocycles. The molecule has 0 fully saturated rings. The van der Waals surface area contributed by atoms with Gasteiger partial charge in [-0.15, -0.1) is 0 Å². The molecule has 1 heterocycles. The van der Waals surface area contributed by atoms with Gasteiger partial charge in [-0.2, -0.15) is 5.10 Å². The zero-order chi connectivity index (χ0) is 12.5. The van der Waals surface area contributed by atoms with Crippen LogP contribution in [0.4, 0.5) is 0 Å². The second kappa shape index (κ2) is 4.47. The third kappa shape index (κ3) is 2.65. The van der Waals surface area contributed by atoms with Gasteiger partial charge in [0.25, 0.3) is 0 Å². The van der Waals surface area contributed by atoms with Crippen molar-refractivity contribution < 1.29 is 0 Å². The lowest BCUT2D eigenvalue weighted by Crippen LogP contribution is -2.36. The summed E-state index contributed by atoms with van der Waals surface area (Å²) < 4.78 is 1.73. The predicted octanol–water partition coefficient (Wildman–Crippen LogP) is 1.89. The zero-order valence-electron chi connectivity index (χ0n) is 9.89. The molecule has 2 N–H and O–H groups in total. The van der Waals surface area contributed by atoms with Gasteiger partial charge in [-0.25, -0.2) is 4.98 Å². The van der Waals surface area contributed by atoms with Crippen LogP contribution in [0.2, 0.25) is 5.02 Å². The molecular weight excluding hydrogens is 236 g/mol. The maximum absolute atomic E-state index is 6.33. The van der Waals surface area contributed by atoms with Gasteiger partial charge in [0.15, 0.2) is 0 Å². The van der Waals surface area contributed by atoms with E-state index < -0.39 is 5.54 Å². The molecular formula is C12H15ClN4. The molecule has 2 aromatic rings. The third-order valence-corrected chi connectivity index (χ3v) is 3.05. The maximum atomic E-state index is 6.33. The molecule has 0 spiro atoms. The van der Waals surface area contributed by atoms with Crippen LogP contribution in [0.25, 0.3) is 0 Å². The average Bonchev–Trinajstić information content (AvgIpc) is 2.64. The molecule has 1 aromatic heterocycles. The van der Waals surface area contributed by atoms with E-state index >= 15 is 0 Å². The molecule has 0 amide bonds. The van der Waals surface area contributed by atoms with E-state index in [-0.39, 0.29) is 0 Å². The summed E-state index contributed by atoms with van der Waals surface area (Å²) in [5.41, 5.74) is 6.81. The van der Waals surface area contributed by atoms with Crippen LogP contribution in [0.1, 0.15) is 18.3 Å². The van der Waals surface area contributed by atoms with Crippen LogP contribution in [0.5, 0.6) is 0 Å². The van der Waals surface area contributed by atoms with Gasteiger partial charge in [0, 0.05) is 24.0 Å². The van der Waals surface area contributed by atoms with Crippen molar-refractivity contribution in [3.05, 3.63) is 47.0 Å². The summed E-state index contributed by atoms with van der Waals surface area (Å²) >= 11 is 5.98. The SMILES string of the molecule is Cn1ncnc1CC(C)(N)c1cccc(Cl)c1. The quantitative estimate of drug-likeness (QED) is 0.905. The van der Waals surface area contributed by atoms with Crippen LogP contribution in [-0.4, -0.2) is 14.8 Å². The highest BCUT2D eigenvalue weighted by molar-refractivity contribution is 6.30. The Morgan fingerprint density at radius 3 is 2.82 bits per heavy atom. The fourth-order valence-corrected chi connectivity index (χ4v) is 1.94. The Hall–Kier alpha value is -1.39. The number of hydrogen-bond acceptors (Lipinski definition) is 3. The van der Waals surface area contributed by atoms with Gasteiger partial charge in [-0.3, -0.25) is 4.68 Å².